The molecule has 1 amide bonds. The number of ether oxygens (including phenoxy) is 1. The van der Waals surface area contributed by atoms with E-state index in [-0.39, 0.29) is 18.1 Å². The van der Waals surface area contributed by atoms with Gasteiger partial charge in [0.1, 0.15) is 5.75 Å². The van der Waals surface area contributed by atoms with Gasteiger partial charge in [-0.25, -0.2) is 0 Å². The number of nitro groups is 1. The van der Waals surface area contributed by atoms with Crippen LogP contribution in [0.25, 0.3) is 0 Å². The van der Waals surface area contributed by atoms with Gasteiger partial charge >= 0.3 is 0 Å². The number of nitrogens with zero attached hydrogens (tertiary/aromatic N) is 1. The van der Waals surface area contributed by atoms with Crippen molar-refractivity contribution in [2.45, 2.75) is 13.8 Å². The summed E-state index contributed by atoms with van der Waals surface area (Å²) in [5, 5.41) is 16.6. The minimum Gasteiger partial charge on any atom is -0.492 e. The Kier molecular flexibility index (Phi) is 5.73. The average molecular weight is 329 g/mol. The average Bonchev–Trinajstić information content (AvgIpc) is 2.56. The molecule has 2 rings (SSSR count). The lowest BCUT2D eigenvalue weighted by Crippen LogP contribution is -2.22. The van der Waals surface area contributed by atoms with Gasteiger partial charge in [0.25, 0.3) is 5.69 Å². The zero-order valence-electron chi connectivity index (χ0n) is 13.5. The van der Waals surface area contributed by atoms with Crippen molar-refractivity contribution in [2.75, 3.05) is 23.8 Å². The number of hydrogen-bond donors (Lipinski definition) is 2. The molecule has 0 heterocycles. The standard InChI is InChI=1S/C17H19N3O4/c1-3-24-16-10-5-4-7-14(16)18-11-17(21)19-13-8-6-9-15(12(13)2)20(22)23/h4-10,18H,3,11H2,1-2H3,(H,19,21). The maximum atomic E-state index is 12.1. The Hall–Kier alpha value is -3.09. The lowest BCUT2D eigenvalue weighted by atomic mass is 10.1. The molecule has 0 radical (unpaired) electrons. The van der Waals surface area contributed by atoms with Crippen LogP contribution in [0.15, 0.2) is 42.5 Å². The van der Waals surface area contributed by atoms with Crippen molar-refractivity contribution in [1.82, 2.24) is 0 Å². The monoisotopic (exact) mass is 329 g/mol. The predicted molar refractivity (Wildman–Crippen MR) is 92.6 cm³/mol. The fourth-order valence-electron chi connectivity index (χ4n) is 2.22. The van der Waals surface area contributed by atoms with Gasteiger partial charge in [0.15, 0.2) is 0 Å². The smallest absolute Gasteiger partial charge is 0.274 e. The fourth-order valence-corrected chi connectivity index (χ4v) is 2.22. The second kappa shape index (κ2) is 7.96. The Morgan fingerprint density at radius 2 is 1.88 bits per heavy atom. The van der Waals surface area contributed by atoms with E-state index >= 15 is 0 Å². The molecule has 7 heteroatoms. The summed E-state index contributed by atoms with van der Waals surface area (Å²) in [5.74, 6) is 0.365. The number of para-hydroxylation sites is 2. The Balaban J connectivity index is 2.02. The van der Waals surface area contributed by atoms with Gasteiger partial charge in [-0.05, 0) is 32.0 Å². The van der Waals surface area contributed by atoms with Gasteiger partial charge in [0.2, 0.25) is 5.91 Å². The maximum absolute atomic E-state index is 12.1. The van der Waals surface area contributed by atoms with Crippen molar-refractivity contribution in [3.05, 3.63) is 58.1 Å². The molecule has 0 atom stereocenters. The van der Waals surface area contributed by atoms with E-state index < -0.39 is 4.92 Å². The highest BCUT2D eigenvalue weighted by Gasteiger charge is 2.14. The zero-order valence-corrected chi connectivity index (χ0v) is 13.5. The predicted octanol–water partition coefficient (Wildman–Crippen LogP) is 3.35. The van der Waals surface area contributed by atoms with E-state index in [0.717, 1.165) is 0 Å². The normalized spacial score (nSPS) is 10.1. The van der Waals surface area contributed by atoms with E-state index in [2.05, 4.69) is 10.6 Å². The van der Waals surface area contributed by atoms with E-state index in [1.165, 1.54) is 6.07 Å². The summed E-state index contributed by atoms with van der Waals surface area (Å²) in [4.78, 5) is 22.6. The minimum absolute atomic E-state index is 0.0201. The quantitative estimate of drug-likeness (QED) is 0.600. The largest absolute Gasteiger partial charge is 0.492 e. The van der Waals surface area contributed by atoms with Gasteiger partial charge in [-0.3, -0.25) is 14.9 Å². The van der Waals surface area contributed by atoms with Crippen LogP contribution >= 0.6 is 0 Å². The molecule has 0 saturated carbocycles. The van der Waals surface area contributed by atoms with Crippen molar-refractivity contribution in [3.8, 4) is 5.75 Å². The first-order chi connectivity index (χ1) is 11.5. The van der Waals surface area contributed by atoms with Gasteiger partial charge in [-0.15, -0.1) is 0 Å². The molecule has 0 bridgehead atoms. The lowest BCUT2D eigenvalue weighted by Gasteiger charge is -2.13. The first-order valence-electron chi connectivity index (χ1n) is 7.52. The van der Waals surface area contributed by atoms with E-state index in [4.69, 9.17) is 4.74 Å². The highest BCUT2D eigenvalue weighted by atomic mass is 16.6. The number of nitro benzene ring substituents is 1. The Morgan fingerprint density at radius 3 is 2.58 bits per heavy atom. The second-order valence-corrected chi connectivity index (χ2v) is 5.04. The highest BCUT2D eigenvalue weighted by Crippen LogP contribution is 2.25. The Morgan fingerprint density at radius 1 is 1.17 bits per heavy atom. The molecule has 24 heavy (non-hydrogen) atoms. The maximum Gasteiger partial charge on any atom is 0.274 e. The van der Waals surface area contributed by atoms with Crippen LogP contribution in [0.4, 0.5) is 17.1 Å². The second-order valence-electron chi connectivity index (χ2n) is 5.04. The molecule has 2 N–H and O–H groups in total. The van der Waals surface area contributed by atoms with Crippen molar-refractivity contribution in [2.24, 2.45) is 0 Å². The number of carbonyl (C=O) groups excluding carboxylic acids is 1. The molecule has 0 fully saturated rings. The number of nitrogens with one attached hydrogen (secondary N) is 2. The molecule has 0 aliphatic carbocycles. The summed E-state index contributed by atoms with van der Waals surface area (Å²) in [6, 6.07) is 11.9. The fraction of sp³-hybridized carbons (Fsp3) is 0.235. The first-order valence-corrected chi connectivity index (χ1v) is 7.52. The number of hydrogen-bond acceptors (Lipinski definition) is 5. The molecular formula is C17H19N3O4. The van der Waals surface area contributed by atoms with Crippen LogP contribution in [-0.2, 0) is 4.79 Å². The summed E-state index contributed by atoms with van der Waals surface area (Å²) in [7, 11) is 0. The van der Waals surface area contributed by atoms with Crippen LogP contribution in [0.5, 0.6) is 5.75 Å². The summed E-state index contributed by atoms with van der Waals surface area (Å²) >= 11 is 0. The van der Waals surface area contributed by atoms with Crippen molar-refractivity contribution >= 4 is 23.0 Å². The topological polar surface area (TPSA) is 93.5 Å². The van der Waals surface area contributed by atoms with Crippen LogP contribution in [-0.4, -0.2) is 24.0 Å². The van der Waals surface area contributed by atoms with E-state index in [0.29, 0.717) is 29.3 Å². The van der Waals surface area contributed by atoms with Crippen LogP contribution in [0.1, 0.15) is 12.5 Å². The summed E-state index contributed by atoms with van der Waals surface area (Å²) in [6.07, 6.45) is 0. The molecular weight excluding hydrogens is 310 g/mol. The van der Waals surface area contributed by atoms with Crippen molar-refractivity contribution in [3.63, 3.8) is 0 Å². The molecule has 2 aromatic rings. The summed E-state index contributed by atoms with van der Waals surface area (Å²) in [5.41, 5.74) is 1.53. The highest BCUT2D eigenvalue weighted by molar-refractivity contribution is 5.95. The number of carbonyl (C=O) groups is 1. The van der Waals surface area contributed by atoms with Gasteiger partial charge < -0.3 is 15.4 Å². The van der Waals surface area contributed by atoms with Gasteiger partial charge in [0, 0.05) is 6.07 Å². The third kappa shape index (κ3) is 4.22. The number of benzene rings is 2. The van der Waals surface area contributed by atoms with E-state index in [1.54, 1.807) is 19.1 Å². The molecule has 0 unspecified atom stereocenters. The third-order valence-corrected chi connectivity index (χ3v) is 3.40. The summed E-state index contributed by atoms with van der Waals surface area (Å²) < 4.78 is 5.48. The molecule has 0 spiro atoms. The first kappa shape index (κ1) is 17.3. The van der Waals surface area contributed by atoms with Crippen LogP contribution in [0, 0.1) is 17.0 Å². The number of rotatable bonds is 7. The third-order valence-electron chi connectivity index (χ3n) is 3.40. The van der Waals surface area contributed by atoms with E-state index in [9.17, 15) is 14.9 Å². The van der Waals surface area contributed by atoms with Crippen molar-refractivity contribution < 1.29 is 14.5 Å². The Bertz CT molecular complexity index is 746. The Labute approximate surface area is 139 Å². The molecule has 0 aromatic heterocycles. The van der Waals surface area contributed by atoms with Crippen molar-refractivity contribution in [1.29, 1.82) is 0 Å². The van der Waals surface area contributed by atoms with Crippen LogP contribution in [0.3, 0.4) is 0 Å². The molecule has 2 aromatic carbocycles. The van der Waals surface area contributed by atoms with E-state index in [1.807, 2.05) is 31.2 Å². The SMILES string of the molecule is CCOc1ccccc1NCC(=O)Nc1cccc([N+](=O)[O-])c1C. The lowest BCUT2D eigenvalue weighted by molar-refractivity contribution is -0.385. The molecule has 0 aliphatic rings. The molecule has 0 aliphatic heterocycles. The molecule has 0 saturated heterocycles. The molecule has 7 nitrogen and oxygen atoms in total. The summed E-state index contributed by atoms with van der Waals surface area (Å²) in [6.45, 7) is 4.03. The van der Waals surface area contributed by atoms with Gasteiger partial charge in [-0.2, -0.15) is 0 Å². The number of anilines is 2. The molecule has 126 valence electrons. The van der Waals surface area contributed by atoms with Crippen LogP contribution < -0.4 is 15.4 Å². The number of amides is 1. The minimum atomic E-state index is -0.471. The van der Waals surface area contributed by atoms with Gasteiger partial charge in [0.05, 0.1) is 35.0 Å². The van der Waals surface area contributed by atoms with Crippen LogP contribution in [0.2, 0.25) is 0 Å². The zero-order chi connectivity index (χ0) is 17.5. The van der Waals surface area contributed by atoms with Gasteiger partial charge in [-0.1, -0.05) is 18.2 Å².